The molecule has 6 heteroatoms. The molecule has 2 aromatic heterocycles. The Morgan fingerprint density at radius 2 is 2.15 bits per heavy atom. The zero-order chi connectivity index (χ0) is 14.1. The molecular weight excluding hydrogens is 256 g/mol. The van der Waals surface area contributed by atoms with Gasteiger partial charge in [0, 0.05) is 0 Å². The summed E-state index contributed by atoms with van der Waals surface area (Å²) in [6.07, 6.45) is 1.59. The molecule has 0 radical (unpaired) electrons. The molecule has 3 rings (SSSR count). The molecule has 0 aliphatic carbocycles. The fourth-order valence-corrected chi connectivity index (χ4v) is 2.16. The molecule has 0 spiro atoms. The summed E-state index contributed by atoms with van der Waals surface area (Å²) in [7, 11) is 0. The van der Waals surface area contributed by atoms with Gasteiger partial charge in [0.25, 0.3) is 5.56 Å². The molecule has 2 heterocycles. The molecule has 1 N–H and O–H groups in total. The molecule has 0 aliphatic rings. The van der Waals surface area contributed by atoms with Crippen LogP contribution in [0.2, 0.25) is 0 Å². The van der Waals surface area contributed by atoms with Crippen molar-refractivity contribution < 1.29 is 4.74 Å². The molecule has 20 heavy (non-hydrogen) atoms. The van der Waals surface area contributed by atoms with Gasteiger partial charge in [-0.2, -0.15) is 0 Å². The summed E-state index contributed by atoms with van der Waals surface area (Å²) in [5.41, 5.74) is 1.41. The van der Waals surface area contributed by atoms with Crippen molar-refractivity contribution in [2.24, 2.45) is 0 Å². The van der Waals surface area contributed by atoms with E-state index in [-0.39, 0.29) is 5.56 Å². The minimum atomic E-state index is -0.212. The first-order chi connectivity index (χ1) is 9.70. The minimum absolute atomic E-state index is 0.212. The molecule has 0 saturated carbocycles. The minimum Gasteiger partial charge on any atom is -0.492 e. The van der Waals surface area contributed by atoms with Gasteiger partial charge < -0.3 is 9.72 Å². The van der Waals surface area contributed by atoms with Crippen LogP contribution in [0.3, 0.4) is 0 Å². The Kier molecular flexibility index (Phi) is 2.98. The second-order valence-corrected chi connectivity index (χ2v) is 4.34. The Hall–Kier alpha value is -2.63. The Morgan fingerprint density at radius 3 is 2.95 bits per heavy atom. The molecule has 0 bridgehead atoms. The number of benzene rings is 1. The van der Waals surface area contributed by atoms with Gasteiger partial charge in [-0.1, -0.05) is 12.1 Å². The van der Waals surface area contributed by atoms with Crippen molar-refractivity contribution in [2.45, 2.75) is 13.8 Å². The van der Waals surface area contributed by atoms with E-state index in [1.54, 1.807) is 17.8 Å². The highest BCUT2D eigenvalue weighted by molar-refractivity contribution is 5.73. The first-order valence-electron chi connectivity index (χ1n) is 6.37. The van der Waals surface area contributed by atoms with Gasteiger partial charge in [0.2, 0.25) is 0 Å². The van der Waals surface area contributed by atoms with E-state index in [0.29, 0.717) is 29.3 Å². The number of hydrogen-bond acceptors (Lipinski definition) is 4. The number of ether oxygens (including phenoxy) is 1. The molecule has 3 aromatic rings. The van der Waals surface area contributed by atoms with Crippen LogP contribution in [-0.2, 0) is 0 Å². The number of aromatic amines is 1. The lowest BCUT2D eigenvalue weighted by Gasteiger charge is -2.10. The number of aromatic nitrogens is 4. The Bertz CT molecular complexity index is 819. The summed E-state index contributed by atoms with van der Waals surface area (Å²) in [5, 5.41) is 0. The molecule has 6 nitrogen and oxygen atoms in total. The van der Waals surface area contributed by atoms with Gasteiger partial charge in [-0.15, -0.1) is 0 Å². The van der Waals surface area contributed by atoms with Crippen LogP contribution in [-0.4, -0.2) is 26.1 Å². The third kappa shape index (κ3) is 1.95. The molecule has 0 fully saturated rings. The largest absolute Gasteiger partial charge is 0.492 e. The Morgan fingerprint density at radius 1 is 1.35 bits per heavy atom. The monoisotopic (exact) mass is 270 g/mol. The first-order valence-corrected chi connectivity index (χ1v) is 6.37. The standard InChI is InChI=1S/C14H14N4O2/c1-3-20-11-7-5-4-6-10(11)18-8-15-13-12(18)14(19)17-9(2)16-13/h4-8H,3H2,1-2H3,(H,16,17,19). The summed E-state index contributed by atoms with van der Waals surface area (Å²) in [5.74, 6) is 1.25. The predicted octanol–water partition coefficient (Wildman–Crippen LogP) is 1.82. The van der Waals surface area contributed by atoms with E-state index in [0.717, 1.165) is 5.69 Å². The van der Waals surface area contributed by atoms with Crippen molar-refractivity contribution in [1.82, 2.24) is 19.5 Å². The lowest BCUT2D eigenvalue weighted by atomic mass is 10.3. The van der Waals surface area contributed by atoms with Crippen molar-refractivity contribution in [3.05, 3.63) is 46.8 Å². The van der Waals surface area contributed by atoms with E-state index in [4.69, 9.17) is 4.74 Å². The van der Waals surface area contributed by atoms with Gasteiger partial charge in [-0.05, 0) is 26.0 Å². The van der Waals surface area contributed by atoms with Crippen LogP contribution in [0, 0.1) is 6.92 Å². The summed E-state index contributed by atoms with van der Waals surface area (Å²) < 4.78 is 7.29. The van der Waals surface area contributed by atoms with E-state index in [1.807, 2.05) is 31.2 Å². The van der Waals surface area contributed by atoms with Gasteiger partial charge in [0.15, 0.2) is 11.2 Å². The van der Waals surface area contributed by atoms with E-state index in [9.17, 15) is 4.79 Å². The van der Waals surface area contributed by atoms with Gasteiger partial charge in [0.05, 0.1) is 12.3 Å². The number of fused-ring (bicyclic) bond motifs is 1. The second kappa shape index (κ2) is 4.80. The number of para-hydroxylation sites is 2. The lowest BCUT2D eigenvalue weighted by molar-refractivity contribution is 0.339. The third-order valence-electron chi connectivity index (χ3n) is 2.96. The zero-order valence-electron chi connectivity index (χ0n) is 11.3. The van der Waals surface area contributed by atoms with Gasteiger partial charge in [0.1, 0.15) is 17.9 Å². The van der Waals surface area contributed by atoms with E-state index in [1.165, 1.54) is 0 Å². The SMILES string of the molecule is CCOc1ccccc1-n1cnc2nc(C)[nH]c(=O)c21. The third-order valence-corrected chi connectivity index (χ3v) is 2.96. The van der Waals surface area contributed by atoms with Crippen LogP contribution in [0.15, 0.2) is 35.4 Å². The van der Waals surface area contributed by atoms with E-state index >= 15 is 0 Å². The fraction of sp³-hybridized carbons (Fsp3) is 0.214. The molecule has 102 valence electrons. The van der Waals surface area contributed by atoms with Crippen molar-refractivity contribution in [2.75, 3.05) is 6.61 Å². The highest BCUT2D eigenvalue weighted by atomic mass is 16.5. The number of aryl methyl sites for hydroxylation is 1. The fourth-order valence-electron chi connectivity index (χ4n) is 2.16. The molecule has 0 amide bonds. The van der Waals surface area contributed by atoms with Crippen molar-refractivity contribution in [1.29, 1.82) is 0 Å². The molecule has 0 saturated heterocycles. The number of nitrogens with zero attached hydrogens (tertiary/aromatic N) is 3. The van der Waals surface area contributed by atoms with Crippen LogP contribution in [0.4, 0.5) is 0 Å². The smallest absolute Gasteiger partial charge is 0.277 e. The van der Waals surface area contributed by atoms with Crippen LogP contribution in [0.5, 0.6) is 5.75 Å². The normalized spacial score (nSPS) is 10.9. The van der Waals surface area contributed by atoms with Gasteiger partial charge in [-0.3, -0.25) is 9.36 Å². The van der Waals surface area contributed by atoms with E-state index < -0.39 is 0 Å². The number of rotatable bonds is 3. The average Bonchev–Trinajstić information content (AvgIpc) is 2.83. The van der Waals surface area contributed by atoms with Crippen molar-refractivity contribution in [3.63, 3.8) is 0 Å². The quantitative estimate of drug-likeness (QED) is 0.787. The van der Waals surface area contributed by atoms with Crippen LogP contribution < -0.4 is 10.3 Å². The highest BCUT2D eigenvalue weighted by Crippen LogP contribution is 2.24. The summed E-state index contributed by atoms with van der Waals surface area (Å²) in [6, 6.07) is 7.52. The molecular formula is C14H14N4O2. The first kappa shape index (κ1) is 12.4. The number of imidazole rings is 1. The molecule has 0 unspecified atom stereocenters. The summed E-state index contributed by atoms with van der Waals surface area (Å²) in [6.45, 7) is 4.20. The summed E-state index contributed by atoms with van der Waals surface area (Å²) >= 11 is 0. The van der Waals surface area contributed by atoms with E-state index in [2.05, 4.69) is 15.0 Å². The summed E-state index contributed by atoms with van der Waals surface area (Å²) in [4.78, 5) is 23.2. The predicted molar refractivity (Wildman–Crippen MR) is 75.4 cm³/mol. The van der Waals surface area contributed by atoms with Crippen LogP contribution in [0.1, 0.15) is 12.7 Å². The van der Waals surface area contributed by atoms with Crippen LogP contribution >= 0.6 is 0 Å². The number of nitrogens with one attached hydrogen (secondary N) is 1. The van der Waals surface area contributed by atoms with Gasteiger partial charge >= 0.3 is 0 Å². The maximum atomic E-state index is 12.1. The number of H-pyrrole nitrogens is 1. The zero-order valence-corrected chi connectivity index (χ0v) is 11.3. The Balaban J connectivity index is 2.28. The van der Waals surface area contributed by atoms with Crippen LogP contribution in [0.25, 0.3) is 16.9 Å². The topological polar surface area (TPSA) is 72.8 Å². The molecule has 0 atom stereocenters. The maximum absolute atomic E-state index is 12.1. The highest BCUT2D eigenvalue weighted by Gasteiger charge is 2.13. The second-order valence-electron chi connectivity index (χ2n) is 4.34. The van der Waals surface area contributed by atoms with Gasteiger partial charge in [-0.25, -0.2) is 9.97 Å². The molecule has 0 aliphatic heterocycles. The maximum Gasteiger partial charge on any atom is 0.277 e. The number of hydrogen-bond donors (Lipinski definition) is 1. The van der Waals surface area contributed by atoms with Crippen molar-refractivity contribution in [3.8, 4) is 11.4 Å². The lowest BCUT2D eigenvalue weighted by Crippen LogP contribution is -2.13. The molecule has 1 aromatic carbocycles. The van der Waals surface area contributed by atoms with Crippen molar-refractivity contribution >= 4 is 11.2 Å². The Labute approximate surface area is 115 Å². The average molecular weight is 270 g/mol.